The summed E-state index contributed by atoms with van der Waals surface area (Å²) in [5, 5.41) is 2.45. The summed E-state index contributed by atoms with van der Waals surface area (Å²) >= 11 is 0. The first-order valence-electron chi connectivity index (χ1n) is 7.57. The Balaban J connectivity index is 1.94. The van der Waals surface area contributed by atoms with Crippen molar-refractivity contribution >= 4 is 16.6 Å². The Morgan fingerprint density at radius 3 is 2.60 bits per heavy atom. The number of aromatic nitrogens is 1. The number of pyridine rings is 1. The lowest BCUT2D eigenvalue weighted by molar-refractivity contribution is 0.545. The van der Waals surface area contributed by atoms with Crippen molar-refractivity contribution in [2.45, 2.75) is 32.2 Å². The van der Waals surface area contributed by atoms with Crippen molar-refractivity contribution in [3.63, 3.8) is 0 Å². The van der Waals surface area contributed by atoms with Gasteiger partial charge >= 0.3 is 0 Å². The highest BCUT2D eigenvalue weighted by Crippen LogP contribution is 2.30. The molecule has 3 nitrogen and oxygen atoms in total. The van der Waals surface area contributed by atoms with Crippen LogP contribution in [0.15, 0.2) is 30.5 Å². The second-order valence-corrected chi connectivity index (χ2v) is 5.89. The molecule has 1 saturated carbocycles. The van der Waals surface area contributed by atoms with E-state index in [0.717, 1.165) is 23.8 Å². The van der Waals surface area contributed by atoms with Crippen LogP contribution >= 0.6 is 0 Å². The monoisotopic (exact) mass is 269 g/mol. The Hall–Kier alpha value is -1.61. The third-order valence-corrected chi connectivity index (χ3v) is 4.44. The number of nitrogens with two attached hydrogens (primary N) is 1. The first-order chi connectivity index (χ1) is 9.79. The molecule has 0 spiro atoms. The Labute approximate surface area is 120 Å². The van der Waals surface area contributed by atoms with Gasteiger partial charge in [0, 0.05) is 31.7 Å². The van der Waals surface area contributed by atoms with Gasteiger partial charge in [0.2, 0.25) is 0 Å². The molecule has 1 aliphatic rings. The van der Waals surface area contributed by atoms with Gasteiger partial charge in [-0.1, -0.05) is 37.1 Å². The SMILES string of the molecule is CN(CC1CCCC1)c1ncc(CN)c2ccccc12. The van der Waals surface area contributed by atoms with Gasteiger partial charge in [-0.2, -0.15) is 0 Å². The smallest absolute Gasteiger partial charge is 0.136 e. The largest absolute Gasteiger partial charge is 0.359 e. The van der Waals surface area contributed by atoms with Crippen molar-refractivity contribution < 1.29 is 0 Å². The molecule has 0 amide bonds. The van der Waals surface area contributed by atoms with Crippen molar-refractivity contribution in [3.05, 3.63) is 36.0 Å². The van der Waals surface area contributed by atoms with E-state index in [1.165, 1.54) is 36.5 Å². The summed E-state index contributed by atoms with van der Waals surface area (Å²) in [6, 6.07) is 8.45. The zero-order valence-electron chi connectivity index (χ0n) is 12.2. The lowest BCUT2D eigenvalue weighted by Crippen LogP contribution is -2.25. The molecule has 20 heavy (non-hydrogen) atoms. The maximum atomic E-state index is 5.82. The van der Waals surface area contributed by atoms with E-state index >= 15 is 0 Å². The molecule has 106 valence electrons. The fraction of sp³-hybridized carbons (Fsp3) is 0.471. The molecule has 1 fully saturated rings. The van der Waals surface area contributed by atoms with Crippen molar-refractivity contribution in [3.8, 4) is 0 Å². The van der Waals surface area contributed by atoms with Crippen LogP contribution < -0.4 is 10.6 Å². The molecule has 0 unspecified atom stereocenters. The van der Waals surface area contributed by atoms with Crippen LogP contribution in [0.2, 0.25) is 0 Å². The average molecular weight is 269 g/mol. The maximum Gasteiger partial charge on any atom is 0.136 e. The van der Waals surface area contributed by atoms with Gasteiger partial charge in [0.25, 0.3) is 0 Å². The van der Waals surface area contributed by atoms with E-state index in [-0.39, 0.29) is 0 Å². The number of benzene rings is 1. The van der Waals surface area contributed by atoms with Gasteiger partial charge in [0.15, 0.2) is 0 Å². The summed E-state index contributed by atoms with van der Waals surface area (Å²) in [7, 11) is 2.16. The highest BCUT2D eigenvalue weighted by molar-refractivity contribution is 5.94. The molecule has 1 heterocycles. The van der Waals surface area contributed by atoms with E-state index in [1.54, 1.807) is 0 Å². The van der Waals surface area contributed by atoms with E-state index in [2.05, 4.69) is 41.2 Å². The molecule has 0 bridgehead atoms. The molecule has 1 aromatic heterocycles. The van der Waals surface area contributed by atoms with Gasteiger partial charge in [-0.25, -0.2) is 4.98 Å². The molecule has 1 aliphatic carbocycles. The Morgan fingerprint density at radius 1 is 1.20 bits per heavy atom. The van der Waals surface area contributed by atoms with Crippen LogP contribution in [0.3, 0.4) is 0 Å². The Kier molecular flexibility index (Phi) is 3.88. The fourth-order valence-corrected chi connectivity index (χ4v) is 3.37. The highest BCUT2D eigenvalue weighted by Gasteiger charge is 2.18. The topological polar surface area (TPSA) is 42.2 Å². The van der Waals surface area contributed by atoms with Crippen LogP contribution in [0.5, 0.6) is 0 Å². The number of anilines is 1. The number of nitrogens with zero attached hydrogens (tertiary/aromatic N) is 2. The van der Waals surface area contributed by atoms with E-state index in [9.17, 15) is 0 Å². The fourth-order valence-electron chi connectivity index (χ4n) is 3.37. The van der Waals surface area contributed by atoms with Gasteiger partial charge < -0.3 is 10.6 Å². The van der Waals surface area contributed by atoms with Gasteiger partial charge in [-0.05, 0) is 29.7 Å². The number of fused-ring (bicyclic) bond motifs is 1. The zero-order valence-corrected chi connectivity index (χ0v) is 12.2. The van der Waals surface area contributed by atoms with Crippen LogP contribution in [0, 0.1) is 5.92 Å². The molecular weight excluding hydrogens is 246 g/mol. The van der Waals surface area contributed by atoms with Crippen molar-refractivity contribution in [2.75, 3.05) is 18.5 Å². The van der Waals surface area contributed by atoms with Crippen molar-refractivity contribution in [1.82, 2.24) is 4.98 Å². The predicted octanol–water partition coefficient (Wildman–Crippen LogP) is 3.32. The summed E-state index contributed by atoms with van der Waals surface area (Å²) in [4.78, 5) is 6.98. The third kappa shape index (κ3) is 2.50. The number of hydrogen-bond donors (Lipinski definition) is 1. The lowest BCUT2D eigenvalue weighted by Gasteiger charge is -2.24. The predicted molar refractivity (Wildman–Crippen MR) is 84.9 cm³/mol. The number of rotatable bonds is 4. The lowest BCUT2D eigenvalue weighted by atomic mass is 10.1. The molecular formula is C17H23N3. The molecule has 0 radical (unpaired) electrons. The molecule has 2 N–H and O–H groups in total. The van der Waals surface area contributed by atoms with Gasteiger partial charge in [-0.15, -0.1) is 0 Å². The van der Waals surface area contributed by atoms with E-state index in [1.807, 2.05) is 6.20 Å². The Bertz CT molecular complexity index is 588. The van der Waals surface area contributed by atoms with Crippen LogP contribution in [-0.4, -0.2) is 18.6 Å². The molecule has 1 aromatic carbocycles. The average Bonchev–Trinajstić information content (AvgIpc) is 2.99. The second-order valence-electron chi connectivity index (χ2n) is 5.89. The maximum absolute atomic E-state index is 5.82. The second kappa shape index (κ2) is 5.80. The summed E-state index contributed by atoms with van der Waals surface area (Å²) < 4.78 is 0. The normalized spacial score (nSPS) is 15.9. The van der Waals surface area contributed by atoms with E-state index < -0.39 is 0 Å². The first kappa shape index (κ1) is 13.4. The summed E-state index contributed by atoms with van der Waals surface area (Å²) in [5.74, 6) is 1.92. The first-order valence-corrected chi connectivity index (χ1v) is 7.57. The molecule has 2 aromatic rings. The van der Waals surface area contributed by atoms with Gasteiger partial charge in [0.1, 0.15) is 5.82 Å². The standard InChI is InChI=1S/C17H23N3/c1-20(12-13-6-2-3-7-13)17-16-9-5-4-8-15(16)14(10-18)11-19-17/h4-5,8-9,11,13H,2-3,6-7,10,12,18H2,1H3. The number of hydrogen-bond acceptors (Lipinski definition) is 3. The van der Waals surface area contributed by atoms with E-state index in [4.69, 9.17) is 5.73 Å². The van der Waals surface area contributed by atoms with Crippen molar-refractivity contribution in [2.24, 2.45) is 11.7 Å². The minimum Gasteiger partial charge on any atom is -0.359 e. The third-order valence-electron chi connectivity index (χ3n) is 4.44. The van der Waals surface area contributed by atoms with Gasteiger partial charge in [0.05, 0.1) is 0 Å². The van der Waals surface area contributed by atoms with Crippen LogP contribution in [-0.2, 0) is 6.54 Å². The minimum absolute atomic E-state index is 0.542. The molecule has 0 aliphatic heterocycles. The molecule has 3 rings (SSSR count). The van der Waals surface area contributed by atoms with Crippen molar-refractivity contribution in [1.29, 1.82) is 0 Å². The minimum atomic E-state index is 0.542. The molecule has 3 heteroatoms. The van der Waals surface area contributed by atoms with Crippen LogP contribution in [0.1, 0.15) is 31.2 Å². The van der Waals surface area contributed by atoms with E-state index in [0.29, 0.717) is 6.54 Å². The summed E-state index contributed by atoms with van der Waals surface area (Å²) in [6.45, 7) is 1.65. The van der Waals surface area contributed by atoms with Gasteiger partial charge in [-0.3, -0.25) is 0 Å². The zero-order chi connectivity index (χ0) is 13.9. The van der Waals surface area contributed by atoms with Crippen LogP contribution in [0.4, 0.5) is 5.82 Å². The summed E-state index contributed by atoms with van der Waals surface area (Å²) in [6.07, 6.45) is 7.44. The van der Waals surface area contributed by atoms with Crippen LogP contribution in [0.25, 0.3) is 10.8 Å². The Morgan fingerprint density at radius 2 is 1.90 bits per heavy atom. The molecule has 0 saturated heterocycles. The highest BCUT2D eigenvalue weighted by atomic mass is 15.2. The quantitative estimate of drug-likeness (QED) is 0.926. The molecule has 0 atom stereocenters. The summed E-state index contributed by atoms with van der Waals surface area (Å²) in [5.41, 5.74) is 6.94.